The van der Waals surface area contributed by atoms with Crippen molar-refractivity contribution in [1.29, 1.82) is 0 Å². The zero-order valence-corrected chi connectivity index (χ0v) is 10.6. The summed E-state index contributed by atoms with van der Waals surface area (Å²) in [6.45, 7) is 1.81. The van der Waals surface area contributed by atoms with Crippen molar-refractivity contribution in [2.45, 2.75) is 11.9 Å². The Bertz CT molecular complexity index is 705. The van der Waals surface area contributed by atoms with Crippen molar-refractivity contribution in [3.8, 4) is 0 Å². The Labute approximate surface area is 108 Å². The van der Waals surface area contributed by atoms with E-state index >= 15 is 0 Å². The van der Waals surface area contributed by atoms with Gasteiger partial charge in [-0.3, -0.25) is 9.82 Å². The maximum atomic E-state index is 12.0. The van der Waals surface area contributed by atoms with E-state index in [1.54, 1.807) is 6.07 Å². The Morgan fingerprint density at radius 3 is 2.68 bits per heavy atom. The minimum Gasteiger partial charge on any atom is -0.478 e. The van der Waals surface area contributed by atoms with Crippen LogP contribution in [0.4, 0.5) is 5.82 Å². The highest BCUT2D eigenvalue weighted by Crippen LogP contribution is 2.16. The van der Waals surface area contributed by atoms with Crippen LogP contribution in [0.5, 0.6) is 0 Å². The lowest BCUT2D eigenvalue weighted by Crippen LogP contribution is -2.17. The number of carboxylic acid groups (broad SMARTS) is 1. The number of carbonyl (C=O) groups is 1. The van der Waals surface area contributed by atoms with Crippen LogP contribution in [0.3, 0.4) is 0 Å². The number of aromatic carboxylic acids is 1. The van der Waals surface area contributed by atoms with Crippen molar-refractivity contribution >= 4 is 21.8 Å². The topological polar surface area (TPSA) is 125 Å². The van der Waals surface area contributed by atoms with Crippen molar-refractivity contribution in [2.24, 2.45) is 0 Å². The van der Waals surface area contributed by atoms with Crippen molar-refractivity contribution in [3.63, 3.8) is 0 Å². The maximum Gasteiger partial charge on any atom is 0.340 e. The zero-order valence-electron chi connectivity index (χ0n) is 9.78. The maximum absolute atomic E-state index is 12.0. The summed E-state index contributed by atoms with van der Waals surface area (Å²) in [5.74, 6) is -1.29. The summed E-state index contributed by atoms with van der Waals surface area (Å²) in [6, 6.07) is 3.15. The van der Waals surface area contributed by atoms with Crippen molar-refractivity contribution in [1.82, 2.24) is 15.2 Å². The second kappa shape index (κ2) is 4.69. The van der Waals surface area contributed by atoms with E-state index in [9.17, 15) is 13.2 Å². The molecule has 0 amide bonds. The van der Waals surface area contributed by atoms with E-state index < -0.39 is 26.6 Å². The van der Waals surface area contributed by atoms with Crippen LogP contribution >= 0.6 is 0 Å². The molecule has 9 heteroatoms. The van der Waals surface area contributed by atoms with Crippen LogP contribution in [0, 0.1) is 6.92 Å². The third-order valence-corrected chi connectivity index (χ3v) is 3.58. The zero-order chi connectivity index (χ0) is 14.0. The van der Waals surface area contributed by atoms with Gasteiger partial charge in [-0.15, -0.1) is 0 Å². The molecule has 0 saturated heterocycles. The number of nitrogens with zero attached hydrogens (tertiary/aromatic N) is 2. The minimum absolute atomic E-state index is 0.0940. The molecule has 0 aliphatic rings. The van der Waals surface area contributed by atoms with Crippen molar-refractivity contribution in [3.05, 3.63) is 35.7 Å². The van der Waals surface area contributed by atoms with E-state index in [0.717, 1.165) is 11.8 Å². The quantitative estimate of drug-likeness (QED) is 0.754. The molecule has 19 heavy (non-hydrogen) atoms. The molecule has 2 aromatic rings. The first-order valence-corrected chi connectivity index (χ1v) is 6.60. The summed E-state index contributed by atoms with van der Waals surface area (Å²) in [6.07, 6.45) is 2.42. The summed E-state index contributed by atoms with van der Waals surface area (Å²) in [5.41, 5.74) is 0.440. The van der Waals surface area contributed by atoms with Crippen LogP contribution < -0.4 is 4.72 Å². The first-order chi connectivity index (χ1) is 8.90. The number of rotatable bonds is 4. The molecule has 0 fully saturated rings. The SMILES string of the molecule is Cc1ccc(NS(=O)(=O)c2[nH]ncc2C(=O)O)nc1. The van der Waals surface area contributed by atoms with Crippen LogP contribution in [-0.2, 0) is 10.0 Å². The van der Waals surface area contributed by atoms with E-state index in [-0.39, 0.29) is 5.82 Å². The molecule has 0 bridgehead atoms. The van der Waals surface area contributed by atoms with Gasteiger partial charge in [0.25, 0.3) is 10.0 Å². The van der Waals surface area contributed by atoms with Gasteiger partial charge in [-0.2, -0.15) is 13.5 Å². The molecule has 2 heterocycles. The summed E-state index contributed by atoms with van der Waals surface area (Å²) < 4.78 is 26.1. The van der Waals surface area contributed by atoms with Crippen LogP contribution in [0.15, 0.2) is 29.6 Å². The number of anilines is 1. The fraction of sp³-hybridized carbons (Fsp3) is 0.100. The number of nitrogens with one attached hydrogen (secondary N) is 2. The van der Waals surface area contributed by atoms with Crippen LogP contribution in [0.1, 0.15) is 15.9 Å². The standard InChI is InChI=1S/C10H10N4O4S/c1-6-2-3-8(11-4-6)14-19(17,18)9-7(10(15)16)5-12-13-9/h2-5H,1H3,(H,11,14)(H,12,13)(H,15,16). The first-order valence-electron chi connectivity index (χ1n) is 5.12. The van der Waals surface area contributed by atoms with E-state index in [1.165, 1.54) is 12.3 Å². The van der Waals surface area contributed by atoms with Crippen LogP contribution in [0.2, 0.25) is 0 Å². The average Bonchev–Trinajstić information content (AvgIpc) is 2.82. The van der Waals surface area contributed by atoms with Gasteiger partial charge in [0, 0.05) is 6.20 Å². The van der Waals surface area contributed by atoms with Gasteiger partial charge in [-0.1, -0.05) is 6.07 Å². The molecule has 3 N–H and O–H groups in total. The van der Waals surface area contributed by atoms with Gasteiger partial charge >= 0.3 is 5.97 Å². The molecule has 0 aliphatic heterocycles. The van der Waals surface area contributed by atoms with Gasteiger partial charge in [-0.25, -0.2) is 9.78 Å². The van der Waals surface area contributed by atoms with E-state index in [0.29, 0.717) is 0 Å². The lowest BCUT2D eigenvalue weighted by molar-refractivity contribution is 0.0692. The molecule has 0 spiro atoms. The van der Waals surface area contributed by atoms with Gasteiger partial charge in [0.15, 0.2) is 5.03 Å². The first kappa shape index (κ1) is 13.0. The molecule has 0 aliphatic carbocycles. The Kier molecular flexibility index (Phi) is 3.21. The minimum atomic E-state index is -4.07. The molecular weight excluding hydrogens is 272 g/mol. The molecule has 2 aromatic heterocycles. The molecule has 0 radical (unpaired) electrons. The van der Waals surface area contributed by atoms with Gasteiger partial charge in [0.2, 0.25) is 0 Å². The predicted octanol–water partition coefficient (Wildman–Crippen LogP) is 0.612. The van der Waals surface area contributed by atoms with E-state index in [4.69, 9.17) is 5.11 Å². The van der Waals surface area contributed by atoms with Crippen molar-refractivity contribution < 1.29 is 18.3 Å². The number of aryl methyl sites for hydroxylation is 1. The second-order valence-corrected chi connectivity index (χ2v) is 5.36. The number of aromatic nitrogens is 3. The molecule has 0 saturated carbocycles. The number of H-pyrrole nitrogens is 1. The Hall–Kier alpha value is -2.42. The number of hydrogen-bond acceptors (Lipinski definition) is 5. The third-order valence-electron chi connectivity index (χ3n) is 2.25. The van der Waals surface area contributed by atoms with Crippen LogP contribution in [0.25, 0.3) is 0 Å². The summed E-state index contributed by atoms with van der Waals surface area (Å²) in [7, 11) is -4.07. The summed E-state index contributed by atoms with van der Waals surface area (Å²) >= 11 is 0. The molecule has 2 rings (SSSR count). The van der Waals surface area contributed by atoms with Gasteiger partial charge in [0.1, 0.15) is 11.4 Å². The molecule has 0 aromatic carbocycles. The Morgan fingerprint density at radius 1 is 1.37 bits per heavy atom. The fourth-order valence-corrected chi connectivity index (χ4v) is 2.45. The summed E-state index contributed by atoms with van der Waals surface area (Å²) in [5, 5.41) is 13.9. The molecule has 0 atom stereocenters. The van der Waals surface area contributed by atoms with Crippen molar-refractivity contribution in [2.75, 3.05) is 4.72 Å². The smallest absolute Gasteiger partial charge is 0.340 e. The summed E-state index contributed by atoms with van der Waals surface area (Å²) in [4.78, 5) is 14.7. The highest BCUT2D eigenvalue weighted by Gasteiger charge is 2.25. The number of carboxylic acids is 1. The Balaban J connectivity index is 2.35. The lowest BCUT2D eigenvalue weighted by Gasteiger charge is -2.06. The van der Waals surface area contributed by atoms with Gasteiger partial charge in [-0.05, 0) is 18.6 Å². The van der Waals surface area contributed by atoms with Gasteiger partial charge < -0.3 is 5.11 Å². The second-order valence-electron chi connectivity index (χ2n) is 3.74. The third kappa shape index (κ3) is 2.71. The molecule has 100 valence electrons. The molecule has 0 unspecified atom stereocenters. The fourth-order valence-electron chi connectivity index (χ4n) is 1.35. The average molecular weight is 282 g/mol. The van der Waals surface area contributed by atoms with Gasteiger partial charge in [0.05, 0.1) is 6.20 Å². The normalized spacial score (nSPS) is 11.2. The number of aromatic amines is 1. The predicted molar refractivity (Wildman–Crippen MR) is 65.3 cm³/mol. The van der Waals surface area contributed by atoms with Crippen LogP contribution in [-0.4, -0.2) is 34.7 Å². The number of pyridine rings is 1. The van der Waals surface area contributed by atoms with E-state index in [1.807, 2.05) is 6.92 Å². The lowest BCUT2D eigenvalue weighted by atomic mass is 10.3. The monoisotopic (exact) mass is 282 g/mol. The number of sulfonamides is 1. The molecular formula is C10H10N4O4S. The molecule has 8 nitrogen and oxygen atoms in total. The van der Waals surface area contributed by atoms with E-state index in [2.05, 4.69) is 19.9 Å². The largest absolute Gasteiger partial charge is 0.478 e. The highest BCUT2D eigenvalue weighted by molar-refractivity contribution is 7.92. The Morgan fingerprint density at radius 2 is 2.11 bits per heavy atom. The highest BCUT2D eigenvalue weighted by atomic mass is 32.2. The number of hydrogen-bond donors (Lipinski definition) is 3.